The average Bonchev–Trinajstić information content (AvgIpc) is 2.91. The van der Waals surface area contributed by atoms with Crippen molar-refractivity contribution in [3.8, 4) is 5.75 Å². The number of nitrogens with one attached hydrogen (secondary N) is 2. The highest BCUT2D eigenvalue weighted by Gasteiger charge is 2.17. The molecule has 196 valence electrons. The van der Waals surface area contributed by atoms with Crippen LogP contribution in [0, 0.1) is 11.7 Å². The van der Waals surface area contributed by atoms with Gasteiger partial charge in [-0.05, 0) is 81.8 Å². The van der Waals surface area contributed by atoms with Gasteiger partial charge in [0.25, 0.3) is 0 Å². The monoisotopic (exact) mass is 506 g/mol. The van der Waals surface area contributed by atoms with E-state index in [2.05, 4.69) is 39.1 Å². The maximum Gasteiger partial charge on any atom is 0.229 e. The Bertz CT molecular complexity index is 1170. The number of nitrogens with zero attached hydrogens (tertiary/aromatic N) is 4. The van der Waals surface area contributed by atoms with E-state index in [9.17, 15) is 9.50 Å². The molecule has 2 aromatic carbocycles. The van der Waals surface area contributed by atoms with Gasteiger partial charge in [0.05, 0.1) is 12.8 Å². The van der Waals surface area contributed by atoms with E-state index in [1.807, 2.05) is 48.5 Å². The van der Waals surface area contributed by atoms with Gasteiger partial charge in [0, 0.05) is 24.0 Å². The largest absolute Gasteiger partial charge is 0.493 e. The summed E-state index contributed by atoms with van der Waals surface area (Å²) in [6.45, 7) is 7.05. The molecular formula is C28H35FN6O2. The Labute approximate surface area is 217 Å². The van der Waals surface area contributed by atoms with Gasteiger partial charge in [0.1, 0.15) is 12.0 Å². The Morgan fingerprint density at radius 3 is 2.68 bits per heavy atom. The van der Waals surface area contributed by atoms with Crippen molar-refractivity contribution in [2.24, 2.45) is 5.92 Å². The van der Waals surface area contributed by atoms with Crippen LogP contribution in [0.25, 0.3) is 0 Å². The van der Waals surface area contributed by atoms with Gasteiger partial charge in [-0.15, -0.1) is 0 Å². The van der Waals surface area contributed by atoms with E-state index in [4.69, 9.17) is 4.74 Å². The summed E-state index contributed by atoms with van der Waals surface area (Å²) in [6.07, 6.45) is 4.18. The number of ether oxygens (including phenoxy) is 1. The summed E-state index contributed by atoms with van der Waals surface area (Å²) in [4.78, 5) is 12.5. The molecule has 1 atom stereocenters. The zero-order valence-corrected chi connectivity index (χ0v) is 21.4. The third kappa shape index (κ3) is 7.72. The van der Waals surface area contributed by atoms with Crippen LogP contribution >= 0.6 is 0 Å². The van der Waals surface area contributed by atoms with E-state index >= 15 is 0 Å². The number of aliphatic hydroxyl groups excluding tert-OH is 1. The molecular weight excluding hydrogens is 471 g/mol. The number of hydrogen-bond donors (Lipinski definition) is 3. The number of piperidine rings is 1. The summed E-state index contributed by atoms with van der Waals surface area (Å²) in [7, 11) is 3.96. The summed E-state index contributed by atoms with van der Waals surface area (Å²) >= 11 is 0. The van der Waals surface area contributed by atoms with Crippen LogP contribution in [0.1, 0.15) is 18.4 Å². The highest BCUT2D eigenvalue weighted by atomic mass is 19.1. The molecule has 37 heavy (non-hydrogen) atoms. The van der Waals surface area contributed by atoms with E-state index in [0.29, 0.717) is 24.8 Å². The minimum Gasteiger partial charge on any atom is -0.493 e. The van der Waals surface area contributed by atoms with E-state index in [1.165, 1.54) is 6.08 Å². The Morgan fingerprint density at radius 1 is 1.19 bits per heavy atom. The van der Waals surface area contributed by atoms with Gasteiger partial charge in [-0.3, -0.25) is 4.90 Å². The van der Waals surface area contributed by atoms with Crippen molar-refractivity contribution in [2.45, 2.75) is 25.6 Å². The molecule has 0 amide bonds. The Morgan fingerprint density at radius 2 is 1.95 bits per heavy atom. The van der Waals surface area contributed by atoms with Crippen molar-refractivity contribution in [3.63, 3.8) is 0 Å². The SMILES string of the molecule is C=CC(O)N(C)Cc1ccc(Nc2nc(Nc3cccc(OCC4CCN(C)CC4)c3)ncc2F)cc1. The maximum absolute atomic E-state index is 14.5. The molecule has 3 N–H and O–H groups in total. The highest BCUT2D eigenvalue weighted by Crippen LogP contribution is 2.24. The number of aromatic nitrogens is 2. The number of likely N-dealkylation sites (N-methyl/N-ethyl adjacent to an activating group) is 1. The molecule has 2 heterocycles. The molecule has 8 nitrogen and oxygen atoms in total. The number of benzene rings is 2. The molecule has 0 saturated carbocycles. The molecule has 0 bridgehead atoms. The fourth-order valence-corrected chi connectivity index (χ4v) is 4.14. The summed E-state index contributed by atoms with van der Waals surface area (Å²) in [5, 5.41) is 16.0. The van der Waals surface area contributed by atoms with Crippen LogP contribution in [0.15, 0.2) is 67.4 Å². The zero-order valence-electron chi connectivity index (χ0n) is 21.4. The fourth-order valence-electron chi connectivity index (χ4n) is 4.14. The van der Waals surface area contributed by atoms with Crippen LogP contribution in [-0.4, -0.2) is 64.9 Å². The van der Waals surface area contributed by atoms with Crippen LogP contribution in [-0.2, 0) is 6.54 Å². The summed E-state index contributed by atoms with van der Waals surface area (Å²) in [6, 6.07) is 15.1. The molecule has 9 heteroatoms. The third-order valence-corrected chi connectivity index (χ3v) is 6.47. The third-order valence-electron chi connectivity index (χ3n) is 6.47. The Kier molecular flexibility index (Phi) is 9.05. The van der Waals surface area contributed by atoms with Crippen molar-refractivity contribution in [1.82, 2.24) is 19.8 Å². The lowest BCUT2D eigenvalue weighted by atomic mass is 9.98. The normalized spacial score (nSPS) is 15.4. The van der Waals surface area contributed by atoms with Crippen LogP contribution in [0.4, 0.5) is 27.5 Å². The molecule has 1 aliphatic rings. The van der Waals surface area contributed by atoms with E-state index in [1.54, 1.807) is 11.9 Å². The maximum atomic E-state index is 14.5. The lowest BCUT2D eigenvalue weighted by Crippen LogP contribution is -2.32. The second kappa shape index (κ2) is 12.6. The first-order valence-corrected chi connectivity index (χ1v) is 12.5. The summed E-state index contributed by atoms with van der Waals surface area (Å²) < 4.78 is 20.5. The average molecular weight is 507 g/mol. The molecule has 1 aromatic heterocycles. The number of likely N-dealkylation sites (tertiary alicyclic amines) is 1. The Balaban J connectivity index is 1.36. The van der Waals surface area contributed by atoms with Crippen LogP contribution < -0.4 is 15.4 Å². The number of halogens is 1. The standard InChI is InChI=1S/C28H35FN6O2/c1-4-26(36)35(3)18-20-8-10-22(11-9-20)31-27-25(29)17-30-28(33-27)32-23-6-5-7-24(16-23)37-19-21-12-14-34(2)15-13-21/h4-11,16-17,21,26,36H,1,12-15,18-19H2,2-3H3,(H2,30,31,32,33). The molecule has 1 aliphatic heterocycles. The molecule has 1 unspecified atom stereocenters. The number of rotatable bonds is 11. The predicted molar refractivity (Wildman–Crippen MR) is 145 cm³/mol. The molecule has 3 aromatic rings. The smallest absolute Gasteiger partial charge is 0.229 e. The van der Waals surface area contributed by atoms with Crippen LogP contribution in [0.2, 0.25) is 0 Å². The zero-order chi connectivity index (χ0) is 26.2. The molecule has 0 spiro atoms. The molecule has 1 saturated heterocycles. The first-order valence-electron chi connectivity index (χ1n) is 12.5. The highest BCUT2D eigenvalue weighted by molar-refractivity contribution is 5.61. The number of hydrogen-bond acceptors (Lipinski definition) is 8. The van der Waals surface area contributed by atoms with Gasteiger partial charge in [-0.2, -0.15) is 4.98 Å². The molecule has 0 aliphatic carbocycles. The molecule has 0 radical (unpaired) electrons. The van der Waals surface area contributed by atoms with Gasteiger partial charge in [-0.1, -0.05) is 24.8 Å². The van der Waals surface area contributed by atoms with Gasteiger partial charge < -0.3 is 25.4 Å². The van der Waals surface area contributed by atoms with Crippen molar-refractivity contribution in [1.29, 1.82) is 0 Å². The molecule has 1 fully saturated rings. The first-order chi connectivity index (χ1) is 17.9. The second-order valence-electron chi connectivity index (χ2n) is 9.49. The van der Waals surface area contributed by atoms with Crippen molar-refractivity contribution < 1.29 is 14.2 Å². The second-order valence-corrected chi connectivity index (χ2v) is 9.49. The van der Waals surface area contributed by atoms with Crippen LogP contribution in [0.3, 0.4) is 0 Å². The fraction of sp³-hybridized carbons (Fsp3) is 0.357. The number of aliphatic hydroxyl groups is 1. The first kappa shape index (κ1) is 26.5. The predicted octanol–water partition coefficient (Wildman–Crippen LogP) is 4.76. The summed E-state index contributed by atoms with van der Waals surface area (Å²) in [5.41, 5.74) is 2.44. The van der Waals surface area contributed by atoms with Gasteiger partial charge >= 0.3 is 0 Å². The minimum absolute atomic E-state index is 0.0686. The van der Waals surface area contributed by atoms with Gasteiger partial charge in [0.2, 0.25) is 5.95 Å². The lowest BCUT2D eigenvalue weighted by molar-refractivity contribution is 0.0574. The van der Waals surface area contributed by atoms with Crippen molar-refractivity contribution >= 4 is 23.1 Å². The number of anilines is 4. The van der Waals surface area contributed by atoms with Gasteiger partial charge in [0.15, 0.2) is 11.6 Å². The Hall–Kier alpha value is -3.53. The van der Waals surface area contributed by atoms with E-state index in [-0.39, 0.29) is 11.8 Å². The van der Waals surface area contributed by atoms with Crippen molar-refractivity contribution in [2.75, 3.05) is 44.4 Å². The quantitative estimate of drug-likeness (QED) is 0.254. The lowest BCUT2D eigenvalue weighted by Gasteiger charge is -2.28. The van der Waals surface area contributed by atoms with Gasteiger partial charge in [-0.25, -0.2) is 9.37 Å². The van der Waals surface area contributed by atoms with E-state index < -0.39 is 12.0 Å². The summed E-state index contributed by atoms with van der Waals surface area (Å²) in [5.74, 6) is 1.12. The molecule has 4 rings (SSSR count). The van der Waals surface area contributed by atoms with E-state index in [0.717, 1.165) is 49.1 Å². The van der Waals surface area contributed by atoms with Crippen molar-refractivity contribution in [3.05, 3.63) is 78.8 Å². The van der Waals surface area contributed by atoms with Crippen LogP contribution in [0.5, 0.6) is 5.75 Å². The topological polar surface area (TPSA) is 85.8 Å². The minimum atomic E-state index is -0.717.